The maximum absolute atomic E-state index is 3.95. The predicted octanol–water partition coefficient (Wildman–Crippen LogP) is 1.27. The Morgan fingerprint density at radius 1 is 1.38 bits per heavy atom. The lowest BCUT2D eigenvalue weighted by atomic mass is 9.94. The SMILES string of the molecule is C=NN1CCC(CCN(C)C)CC1. The number of rotatable bonds is 4. The number of hydrogen-bond donors (Lipinski definition) is 0. The molecular formula is C10H21N3. The highest BCUT2D eigenvalue weighted by Gasteiger charge is 2.17. The summed E-state index contributed by atoms with van der Waals surface area (Å²) in [5.41, 5.74) is 0. The van der Waals surface area contributed by atoms with Crippen LogP contribution in [0.4, 0.5) is 0 Å². The van der Waals surface area contributed by atoms with Crippen molar-refractivity contribution in [3.05, 3.63) is 0 Å². The van der Waals surface area contributed by atoms with Crippen molar-refractivity contribution < 1.29 is 0 Å². The fourth-order valence-electron chi connectivity index (χ4n) is 1.79. The predicted molar refractivity (Wildman–Crippen MR) is 57.0 cm³/mol. The highest BCUT2D eigenvalue weighted by atomic mass is 15.4. The van der Waals surface area contributed by atoms with Crippen LogP contribution >= 0.6 is 0 Å². The van der Waals surface area contributed by atoms with Gasteiger partial charge in [0.15, 0.2) is 0 Å². The molecule has 3 nitrogen and oxygen atoms in total. The highest BCUT2D eigenvalue weighted by molar-refractivity contribution is 5.22. The van der Waals surface area contributed by atoms with E-state index < -0.39 is 0 Å². The molecule has 1 aliphatic rings. The van der Waals surface area contributed by atoms with Gasteiger partial charge in [0.2, 0.25) is 0 Å². The summed E-state index contributed by atoms with van der Waals surface area (Å²) in [6, 6.07) is 0. The molecule has 0 radical (unpaired) electrons. The first-order chi connectivity index (χ1) is 6.22. The van der Waals surface area contributed by atoms with Crippen LogP contribution in [-0.4, -0.2) is 50.4 Å². The largest absolute Gasteiger partial charge is 0.309 e. The van der Waals surface area contributed by atoms with Crippen LogP contribution in [0.25, 0.3) is 0 Å². The van der Waals surface area contributed by atoms with Gasteiger partial charge in [0.1, 0.15) is 0 Å². The van der Waals surface area contributed by atoms with E-state index in [2.05, 4.69) is 35.8 Å². The summed E-state index contributed by atoms with van der Waals surface area (Å²) in [5, 5.41) is 6.03. The Balaban J connectivity index is 2.14. The van der Waals surface area contributed by atoms with Crippen LogP contribution in [0.3, 0.4) is 0 Å². The molecule has 1 heterocycles. The zero-order valence-electron chi connectivity index (χ0n) is 8.87. The van der Waals surface area contributed by atoms with Crippen molar-refractivity contribution in [1.82, 2.24) is 9.91 Å². The van der Waals surface area contributed by atoms with Gasteiger partial charge in [-0.1, -0.05) is 0 Å². The molecular weight excluding hydrogens is 162 g/mol. The van der Waals surface area contributed by atoms with Crippen LogP contribution in [0.2, 0.25) is 0 Å². The minimum Gasteiger partial charge on any atom is -0.309 e. The standard InChI is InChI=1S/C10H21N3/c1-11-13-8-5-10(6-9-13)4-7-12(2)3/h10H,1,4-9H2,2-3H3. The maximum atomic E-state index is 3.95. The normalized spacial score (nSPS) is 19.5. The van der Waals surface area contributed by atoms with Crippen LogP contribution in [0, 0.1) is 5.92 Å². The first-order valence-corrected chi connectivity index (χ1v) is 5.08. The van der Waals surface area contributed by atoms with Crippen molar-refractivity contribution >= 4 is 6.72 Å². The Morgan fingerprint density at radius 2 is 2.00 bits per heavy atom. The van der Waals surface area contributed by atoms with Gasteiger partial charge in [-0.25, -0.2) is 0 Å². The van der Waals surface area contributed by atoms with Crippen LogP contribution in [0.15, 0.2) is 5.10 Å². The van der Waals surface area contributed by atoms with E-state index in [-0.39, 0.29) is 0 Å². The maximum Gasteiger partial charge on any atom is 0.0362 e. The zero-order valence-corrected chi connectivity index (χ0v) is 8.87. The van der Waals surface area contributed by atoms with Gasteiger partial charge in [0.05, 0.1) is 0 Å². The second-order valence-corrected chi connectivity index (χ2v) is 4.13. The highest BCUT2D eigenvalue weighted by Crippen LogP contribution is 2.20. The molecule has 0 atom stereocenters. The Bertz CT molecular complexity index is 148. The third-order valence-corrected chi connectivity index (χ3v) is 2.78. The van der Waals surface area contributed by atoms with Gasteiger partial charge in [-0.15, -0.1) is 0 Å². The Morgan fingerprint density at radius 3 is 2.46 bits per heavy atom. The second kappa shape index (κ2) is 5.22. The van der Waals surface area contributed by atoms with Crippen molar-refractivity contribution in [3.63, 3.8) is 0 Å². The van der Waals surface area contributed by atoms with Crippen molar-refractivity contribution in [2.45, 2.75) is 19.3 Å². The molecule has 0 aromatic carbocycles. The average molecular weight is 183 g/mol. The van der Waals surface area contributed by atoms with E-state index in [1.807, 2.05) is 0 Å². The molecule has 1 rings (SSSR count). The van der Waals surface area contributed by atoms with Crippen LogP contribution < -0.4 is 0 Å². The lowest BCUT2D eigenvalue weighted by Gasteiger charge is -2.30. The fraction of sp³-hybridized carbons (Fsp3) is 0.900. The quantitative estimate of drug-likeness (QED) is 0.611. The molecule has 1 aliphatic heterocycles. The molecule has 1 saturated heterocycles. The molecule has 0 unspecified atom stereocenters. The van der Waals surface area contributed by atoms with Gasteiger partial charge in [0, 0.05) is 19.8 Å². The van der Waals surface area contributed by atoms with Gasteiger partial charge in [-0.3, -0.25) is 5.01 Å². The van der Waals surface area contributed by atoms with Crippen LogP contribution in [-0.2, 0) is 0 Å². The van der Waals surface area contributed by atoms with E-state index in [1.54, 1.807) is 0 Å². The fourth-order valence-corrected chi connectivity index (χ4v) is 1.79. The lowest BCUT2D eigenvalue weighted by Crippen LogP contribution is -2.30. The monoisotopic (exact) mass is 183 g/mol. The number of piperidine rings is 1. The summed E-state index contributed by atoms with van der Waals surface area (Å²) in [4.78, 5) is 2.26. The van der Waals surface area contributed by atoms with E-state index in [0.717, 1.165) is 19.0 Å². The van der Waals surface area contributed by atoms with Crippen LogP contribution in [0.1, 0.15) is 19.3 Å². The van der Waals surface area contributed by atoms with Gasteiger partial charge in [-0.05, 0) is 45.8 Å². The average Bonchev–Trinajstić information content (AvgIpc) is 2.15. The molecule has 0 bridgehead atoms. The van der Waals surface area contributed by atoms with Gasteiger partial charge in [0.25, 0.3) is 0 Å². The molecule has 1 fully saturated rings. The third-order valence-electron chi connectivity index (χ3n) is 2.78. The smallest absolute Gasteiger partial charge is 0.0362 e. The summed E-state index contributed by atoms with van der Waals surface area (Å²) >= 11 is 0. The summed E-state index contributed by atoms with van der Waals surface area (Å²) in [6.07, 6.45) is 3.90. The molecule has 0 aromatic heterocycles. The molecule has 13 heavy (non-hydrogen) atoms. The second-order valence-electron chi connectivity index (χ2n) is 4.13. The third kappa shape index (κ3) is 3.77. The Hall–Kier alpha value is -0.570. The van der Waals surface area contributed by atoms with Crippen molar-refractivity contribution in [2.24, 2.45) is 11.0 Å². The molecule has 0 aliphatic carbocycles. The van der Waals surface area contributed by atoms with E-state index >= 15 is 0 Å². The molecule has 0 aromatic rings. The molecule has 0 spiro atoms. The zero-order chi connectivity index (χ0) is 9.68. The summed E-state index contributed by atoms with van der Waals surface area (Å²) in [7, 11) is 4.28. The van der Waals surface area contributed by atoms with Crippen LogP contribution in [0.5, 0.6) is 0 Å². The lowest BCUT2D eigenvalue weighted by molar-refractivity contribution is 0.179. The van der Waals surface area contributed by atoms with E-state index in [0.29, 0.717) is 0 Å². The van der Waals surface area contributed by atoms with Gasteiger partial charge < -0.3 is 4.90 Å². The van der Waals surface area contributed by atoms with E-state index in [9.17, 15) is 0 Å². The number of nitrogens with zero attached hydrogens (tertiary/aromatic N) is 3. The number of hydrogen-bond acceptors (Lipinski definition) is 3. The summed E-state index contributed by atoms with van der Waals surface area (Å²) in [6.45, 7) is 6.96. The Labute approximate surface area is 81.4 Å². The van der Waals surface area contributed by atoms with Crippen molar-refractivity contribution in [3.8, 4) is 0 Å². The molecule has 3 heteroatoms. The van der Waals surface area contributed by atoms with Crippen molar-refractivity contribution in [2.75, 3.05) is 33.7 Å². The van der Waals surface area contributed by atoms with Crippen molar-refractivity contribution in [1.29, 1.82) is 0 Å². The molecule has 0 amide bonds. The number of hydrazone groups is 1. The van der Waals surface area contributed by atoms with Gasteiger partial charge >= 0.3 is 0 Å². The topological polar surface area (TPSA) is 18.8 Å². The van der Waals surface area contributed by atoms with E-state index in [1.165, 1.54) is 25.8 Å². The summed E-state index contributed by atoms with van der Waals surface area (Å²) < 4.78 is 0. The summed E-state index contributed by atoms with van der Waals surface area (Å²) in [5.74, 6) is 0.903. The molecule has 0 N–H and O–H groups in total. The van der Waals surface area contributed by atoms with E-state index in [4.69, 9.17) is 0 Å². The molecule has 76 valence electrons. The molecule has 0 saturated carbocycles. The first kappa shape index (κ1) is 10.5. The minimum atomic E-state index is 0.903. The minimum absolute atomic E-state index is 0.903. The Kier molecular flexibility index (Phi) is 4.22. The first-order valence-electron chi connectivity index (χ1n) is 5.08. The van der Waals surface area contributed by atoms with Gasteiger partial charge in [-0.2, -0.15) is 5.10 Å².